The number of amides is 1. The summed E-state index contributed by atoms with van der Waals surface area (Å²) in [6, 6.07) is 4.18. The second kappa shape index (κ2) is 6.12. The van der Waals surface area contributed by atoms with Crippen LogP contribution in [0.15, 0.2) is 22.7 Å². The number of halogens is 2. The van der Waals surface area contributed by atoms with E-state index >= 15 is 0 Å². The van der Waals surface area contributed by atoms with E-state index in [1.807, 2.05) is 6.92 Å². The molecule has 1 rings (SSSR count). The number of hydrogen-bond donors (Lipinski definition) is 2. The molecule has 3 nitrogen and oxygen atoms in total. The van der Waals surface area contributed by atoms with Crippen LogP contribution in [0.2, 0.25) is 0 Å². The molecular weight excluding hydrogens is 287 g/mol. The summed E-state index contributed by atoms with van der Waals surface area (Å²) in [7, 11) is 1.60. The standard InChI is InChI=1S/C12H16BrFN2O/c1-7(16-8(2)12(17)15-3)10-5-4-9(14)6-11(10)13/h4-8,16H,1-3H3,(H,15,17). The van der Waals surface area contributed by atoms with E-state index in [9.17, 15) is 9.18 Å². The molecule has 0 saturated heterocycles. The number of carbonyl (C=O) groups is 1. The third-order valence-corrected chi connectivity index (χ3v) is 3.26. The van der Waals surface area contributed by atoms with Gasteiger partial charge in [-0.3, -0.25) is 10.1 Å². The fraction of sp³-hybridized carbons (Fsp3) is 0.417. The first kappa shape index (κ1) is 14.1. The summed E-state index contributed by atoms with van der Waals surface area (Å²) in [5.74, 6) is -0.359. The van der Waals surface area contributed by atoms with Gasteiger partial charge in [-0.15, -0.1) is 0 Å². The molecule has 0 aliphatic rings. The predicted octanol–water partition coefficient (Wildman–Crippen LogP) is 2.37. The highest BCUT2D eigenvalue weighted by molar-refractivity contribution is 9.10. The van der Waals surface area contributed by atoms with Gasteiger partial charge >= 0.3 is 0 Å². The van der Waals surface area contributed by atoms with Crippen molar-refractivity contribution in [3.8, 4) is 0 Å². The zero-order valence-electron chi connectivity index (χ0n) is 10.1. The van der Waals surface area contributed by atoms with Gasteiger partial charge in [-0.1, -0.05) is 22.0 Å². The molecule has 0 fully saturated rings. The first-order valence-electron chi connectivity index (χ1n) is 5.38. The van der Waals surface area contributed by atoms with Gasteiger partial charge in [0.1, 0.15) is 5.82 Å². The van der Waals surface area contributed by atoms with Gasteiger partial charge in [0.15, 0.2) is 0 Å². The van der Waals surface area contributed by atoms with Crippen LogP contribution in [-0.2, 0) is 4.79 Å². The number of rotatable bonds is 4. The van der Waals surface area contributed by atoms with E-state index in [1.54, 1.807) is 20.0 Å². The zero-order valence-corrected chi connectivity index (χ0v) is 11.6. The van der Waals surface area contributed by atoms with Crippen molar-refractivity contribution in [2.24, 2.45) is 0 Å². The van der Waals surface area contributed by atoms with Crippen LogP contribution < -0.4 is 10.6 Å². The van der Waals surface area contributed by atoms with Crippen molar-refractivity contribution in [1.29, 1.82) is 0 Å². The molecule has 0 saturated carbocycles. The Labute approximate surface area is 109 Å². The monoisotopic (exact) mass is 302 g/mol. The van der Waals surface area contributed by atoms with Crippen LogP contribution in [0.4, 0.5) is 4.39 Å². The minimum Gasteiger partial charge on any atom is -0.358 e. The first-order valence-corrected chi connectivity index (χ1v) is 6.17. The third kappa shape index (κ3) is 3.78. The average Bonchev–Trinajstić information content (AvgIpc) is 2.27. The van der Waals surface area contributed by atoms with Crippen molar-refractivity contribution in [1.82, 2.24) is 10.6 Å². The quantitative estimate of drug-likeness (QED) is 0.896. The molecule has 2 N–H and O–H groups in total. The largest absolute Gasteiger partial charge is 0.358 e. The highest BCUT2D eigenvalue weighted by Gasteiger charge is 2.16. The molecule has 0 spiro atoms. The van der Waals surface area contributed by atoms with Crippen LogP contribution in [0, 0.1) is 5.82 Å². The van der Waals surface area contributed by atoms with Crippen molar-refractivity contribution in [3.05, 3.63) is 34.1 Å². The second-order valence-electron chi connectivity index (χ2n) is 3.89. The van der Waals surface area contributed by atoms with E-state index < -0.39 is 0 Å². The average molecular weight is 303 g/mol. The van der Waals surface area contributed by atoms with Gasteiger partial charge in [0, 0.05) is 17.6 Å². The van der Waals surface area contributed by atoms with Crippen molar-refractivity contribution >= 4 is 21.8 Å². The number of hydrogen-bond acceptors (Lipinski definition) is 2. The lowest BCUT2D eigenvalue weighted by atomic mass is 10.1. The van der Waals surface area contributed by atoms with Crippen LogP contribution in [0.1, 0.15) is 25.5 Å². The maximum absolute atomic E-state index is 12.9. The lowest BCUT2D eigenvalue weighted by Gasteiger charge is -2.20. The molecule has 0 aliphatic heterocycles. The number of benzene rings is 1. The normalized spacial score (nSPS) is 14.2. The number of nitrogens with one attached hydrogen (secondary N) is 2. The van der Waals surface area contributed by atoms with E-state index in [-0.39, 0.29) is 23.8 Å². The lowest BCUT2D eigenvalue weighted by molar-refractivity contribution is -0.122. The van der Waals surface area contributed by atoms with Gasteiger partial charge in [-0.25, -0.2) is 4.39 Å². The SMILES string of the molecule is CNC(=O)C(C)NC(C)c1ccc(F)cc1Br. The molecule has 0 aliphatic carbocycles. The fourth-order valence-corrected chi connectivity index (χ4v) is 2.30. The van der Waals surface area contributed by atoms with Crippen LogP contribution in [-0.4, -0.2) is 19.0 Å². The fourth-order valence-electron chi connectivity index (χ4n) is 1.61. The smallest absolute Gasteiger partial charge is 0.236 e. The van der Waals surface area contributed by atoms with Crippen molar-refractivity contribution in [2.75, 3.05) is 7.05 Å². The summed E-state index contributed by atoms with van der Waals surface area (Å²) in [5, 5.41) is 5.71. The minimum absolute atomic E-state index is 0.0442. The molecule has 1 aromatic rings. The van der Waals surface area contributed by atoms with Crippen LogP contribution >= 0.6 is 15.9 Å². The van der Waals surface area contributed by atoms with Gasteiger partial charge in [0.2, 0.25) is 5.91 Å². The molecule has 0 bridgehead atoms. The highest BCUT2D eigenvalue weighted by Crippen LogP contribution is 2.24. The molecule has 2 unspecified atom stereocenters. The molecule has 17 heavy (non-hydrogen) atoms. The number of likely N-dealkylation sites (N-methyl/N-ethyl adjacent to an activating group) is 1. The Morgan fingerprint density at radius 3 is 2.59 bits per heavy atom. The number of carbonyl (C=O) groups excluding carboxylic acids is 1. The highest BCUT2D eigenvalue weighted by atomic mass is 79.9. The van der Waals surface area contributed by atoms with Crippen LogP contribution in [0.5, 0.6) is 0 Å². The third-order valence-electron chi connectivity index (χ3n) is 2.57. The topological polar surface area (TPSA) is 41.1 Å². The van der Waals surface area contributed by atoms with E-state index in [0.717, 1.165) is 5.56 Å². The van der Waals surface area contributed by atoms with E-state index in [4.69, 9.17) is 0 Å². The van der Waals surface area contributed by atoms with Crippen LogP contribution in [0.25, 0.3) is 0 Å². The summed E-state index contributed by atoms with van der Waals surface area (Å²) < 4.78 is 13.6. The Bertz CT molecular complexity index is 411. The van der Waals surface area contributed by atoms with Gasteiger partial charge in [-0.05, 0) is 31.5 Å². The van der Waals surface area contributed by atoms with E-state index in [0.29, 0.717) is 4.47 Å². The maximum Gasteiger partial charge on any atom is 0.236 e. The van der Waals surface area contributed by atoms with Crippen LogP contribution in [0.3, 0.4) is 0 Å². The maximum atomic E-state index is 12.9. The molecule has 0 radical (unpaired) electrons. The Hall–Kier alpha value is -0.940. The van der Waals surface area contributed by atoms with Gasteiger partial charge in [0.05, 0.1) is 6.04 Å². The molecule has 1 amide bonds. The first-order chi connectivity index (χ1) is 7.95. The summed E-state index contributed by atoms with van der Waals surface area (Å²) in [4.78, 5) is 11.4. The lowest BCUT2D eigenvalue weighted by Crippen LogP contribution is -2.41. The van der Waals surface area contributed by atoms with Crippen molar-refractivity contribution in [3.63, 3.8) is 0 Å². The molecule has 0 aromatic heterocycles. The molecule has 0 heterocycles. The molecular formula is C12H16BrFN2O. The predicted molar refractivity (Wildman–Crippen MR) is 69.2 cm³/mol. The molecule has 2 atom stereocenters. The van der Waals surface area contributed by atoms with Gasteiger partial charge in [0.25, 0.3) is 0 Å². The minimum atomic E-state index is -0.299. The van der Waals surface area contributed by atoms with Gasteiger partial charge < -0.3 is 5.32 Å². The molecule has 5 heteroatoms. The van der Waals surface area contributed by atoms with Gasteiger partial charge in [-0.2, -0.15) is 0 Å². The Morgan fingerprint density at radius 1 is 1.41 bits per heavy atom. The Balaban J connectivity index is 2.76. The van der Waals surface area contributed by atoms with Crippen molar-refractivity contribution in [2.45, 2.75) is 25.9 Å². The second-order valence-corrected chi connectivity index (χ2v) is 4.74. The summed E-state index contributed by atoms with van der Waals surface area (Å²) in [5.41, 5.74) is 0.919. The summed E-state index contributed by atoms with van der Waals surface area (Å²) >= 11 is 3.31. The Morgan fingerprint density at radius 2 is 2.06 bits per heavy atom. The Kier molecular flexibility index (Phi) is 5.08. The summed E-state index contributed by atoms with van der Waals surface area (Å²) in [6.45, 7) is 3.71. The van der Waals surface area contributed by atoms with Crippen molar-refractivity contribution < 1.29 is 9.18 Å². The van der Waals surface area contributed by atoms with E-state index in [2.05, 4.69) is 26.6 Å². The molecule has 1 aromatic carbocycles. The van der Waals surface area contributed by atoms with E-state index in [1.165, 1.54) is 12.1 Å². The summed E-state index contributed by atoms with van der Waals surface area (Å²) in [6.07, 6.45) is 0. The zero-order chi connectivity index (χ0) is 13.0. The molecule has 94 valence electrons.